The number of rotatable bonds is 1. The first-order valence-electron chi connectivity index (χ1n) is 4.49. The van der Waals surface area contributed by atoms with Gasteiger partial charge in [-0.15, -0.1) is 0 Å². The molecule has 0 radical (unpaired) electrons. The van der Waals surface area contributed by atoms with Crippen molar-refractivity contribution in [1.82, 2.24) is 0 Å². The average Bonchev–Trinajstić information content (AvgIpc) is 2.13. The van der Waals surface area contributed by atoms with Gasteiger partial charge in [0, 0.05) is 4.47 Å². The van der Waals surface area contributed by atoms with E-state index in [0.717, 1.165) is 6.42 Å². The number of hydrogen-bond acceptors (Lipinski definition) is 0. The lowest BCUT2D eigenvalue weighted by molar-refractivity contribution is 1.12. The van der Waals surface area contributed by atoms with Crippen molar-refractivity contribution in [3.63, 3.8) is 0 Å². The molecule has 0 aromatic heterocycles. The zero-order chi connectivity index (χ0) is 9.56. The third kappa shape index (κ3) is 3.40. The summed E-state index contributed by atoms with van der Waals surface area (Å²) in [5.74, 6) is 0. The van der Waals surface area contributed by atoms with Gasteiger partial charge in [0.15, 0.2) is 0 Å². The number of benzene rings is 1. The maximum atomic E-state index is 3.49. The highest BCUT2D eigenvalue weighted by molar-refractivity contribution is 9.10. The molecule has 1 rings (SSSR count). The first kappa shape index (κ1) is 11.7. The molecule has 0 nitrogen and oxygen atoms in total. The second-order valence-electron chi connectivity index (χ2n) is 2.45. The third-order valence-electron chi connectivity index (χ3n) is 1.58. The lowest BCUT2D eigenvalue weighted by atomic mass is 10.1. The van der Waals surface area contributed by atoms with Gasteiger partial charge in [-0.25, -0.2) is 0 Å². The molecular weight excluding hydrogens is 212 g/mol. The van der Waals surface area contributed by atoms with E-state index in [0.29, 0.717) is 0 Å². The lowest BCUT2D eigenvalue weighted by Gasteiger charge is -2.00. The molecule has 0 aliphatic carbocycles. The molecule has 68 valence electrons. The van der Waals surface area contributed by atoms with Gasteiger partial charge in [0.25, 0.3) is 0 Å². The van der Waals surface area contributed by atoms with Crippen LogP contribution in [0.5, 0.6) is 0 Å². The predicted molar refractivity (Wildman–Crippen MR) is 59.6 cm³/mol. The molecule has 0 fully saturated rings. The van der Waals surface area contributed by atoms with Crippen molar-refractivity contribution >= 4 is 15.9 Å². The minimum absolute atomic E-state index is 1.10. The van der Waals surface area contributed by atoms with E-state index in [4.69, 9.17) is 0 Å². The molecule has 12 heavy (non-hydrogen) atoms. The minimum atomic E-state index is 1.10. The molecule has 1 aromatic carbocycles. The summed E-state index contributed by atoms with van der Waals surface area (Å²) in [5, 5.41) is 0. The first-order valence-corrected chi connectivity index (χ1v) is 5.28. The van der Waals surface area contributed by atoms with Crippen molar-refractivity contribution in [2.75, 3.05) is 0 Å². The topological polar surface area (TPSA) is 0 Å². The normalized spacial score (nSPS) is 8.75. The fourth-order valence-corrected chi connectivity index (χ4v) is 1.50. The van der Waals surface area contributed by atoms with Crippen molar-refractivity contribution in [3.8, 4) is 0 Å². The monoisotopic (exact) mass is 228 g/mol. The summed E-state index contributed by atoms with van der Waals surface area (Å²) in [4.78, 5) is 0. The second-order valence-corrected chi connectivity index (χ2v) is 3.30. The molecule has 0 bridgehead atoms. The molecule has 0 saturated carbocycles. The fourth-order valence-electron chi connectivity index (χ4n) is 0.974. The van der Waals surface area contributed by atoms with Gasteiger partial charge in [-0.1, -0.05) is 54.4 Å². The molecule has 0 unspecified atom stereocenters. The Morgan fingerprint density at radius 2 is 1.83 bits per heavy atom. The van der Waals surface area contributed by atoms with Crippen LogP contribution in [0.1, 0.15) is 31.9 Å². The summed E-state index contributed by atoms with van der Waals surface area (Å²) >= 11 is 3.49. The van der Waals surface area contributed by atoms with Crippen molar-refractivity contribution < 1.29 is 0 Å². The van der Waals surface area contributed by atoms with Crippen LogP contribution >= 0.6 is 15.9 Å². The Hall–Kier alpha value is -0.300. The van der Waals surface area contributed by atoms with E-state index in [2.05, 4.69) is 48.0 Å². The summed E-state index contributed by atoms with van der Waals surface area (Å²) in [6.07, 6.45) is 1.10. The summed E-state index contributed by atoms with van der Waals surface area (Å²) in [5.41, 5.74) is 2.72. The molecule has 0 heterocycles. The van der Waals surface area contributed by atoms with Gasteiger partial charge in [-0.3, -0.25) is 0 Å². The Kier molecular flexibility index (Phi) is 6.09. The number of halogens is 1. The van der Waals surface area contributed by atoms with Crippen LogP contribution in [-0.2, 0) is 6.42 Å². The predicted octanol–water partition coefficient (Wildman–Crippen LogP) is 4.35. The third-order valence-corrected chi connectivity index (χ3v) is 2.36. The Morgan fingerprint density at radius 1 is 1.25 bits per heavy atom. The van der Waals surface area contributed by atoms with Gasteiger partial charge in [0.1, 0.15) is 0 Å². The molecular formula is C11H17Br. The van der Waals surface area contributed by atoms with Crippen molar-refractivity contribution in [2.24, 2.45) is 0 Å². The molecule has 0 aliphatic rings. The van der Waals surface area contributed by atoms with Crippen LogP contribution in [0.4, 0.5) is 0 Å². The van der Waals surface area contributed by atoms with Crippen LogP contribution in [0.15, 0.2) is 22.7 Å². The Labute approximate surface area is 84.1 Å². The standard InChI is InChI=1S/C9H11Br.C2H6/c1-3-8-6-7(2)4-5-9(8)10;1-2/h4-6H,3H2,1-2H3;1-2H3. The van der Waals surface area contributed by atoms with Crippen molar-refractivity contribution in [2.45, 2.75) is 34.1 Å². The number of aryl methyl sites for hydroxylation is 2. The van der Waals surface area contributed by atoms with E-state index in [9.17, 15) is 0 Å². The van der Waals surface area contributed by atoms with Gasteiger partial charge < -0.3 is 0 Å². The van der Waals surface area contributed by atoms with E-state index in [1.54, 1.807) is 0 Å². The van der Waals surface area contributed by atoms with Gasteiger partial charge in [0.2, 0.25) is 0 Å². The molecule has 1 heteroatoms. The largest absolute Gasteiger partial charge is 0.0683 e. The van der Waals surface area contributed by atoms with Gasteiger partial charge in [-0.05, 0) is 25.0 Å². The van der Waals surface area contributed by atoms with Crippen LogP contribution in [0, 0.1) is 6.92 Å². The van der Waals surface area contributed by atoms with Gasteiger partial charge in [0.05, 0.1) is 0 Å². The maximum absolute atomic E-state index is 3.49. The molecule has 1 aromatic rings. The molecule has 0 saturated heterocycles. The molecule has 0 aliphatic heterocycles. The molecule has 0 atom stereocenters. The minimum Gasteiger partial charge on any atom is -0.0683 e. The zero-order valence-electron chi connectivity index (χ0n) is 8.32. The van der Waals surface area contributed by atoms with E-state index in [-0.39, 0.29) is 0 Å². The Bertz CT molecular complexity index is 228. The molecule has 0 spiro atoms. The van der Waals surface area contributed by atoms with Gasteiger partial charge in [-0.2, -0.15) is 0 Å². The van der Waals surface area contributed by atoms with Crippen molar-refractivity contribution in [3.05, 3.63) is 33.8 Å². The smallest absolute Gasteiger partial charge is 0.0207 e. The highest BCUT2D eigenvalue weighted by Gasteiger charge is 1.95. The highest BCUT2D eigenvalue weighted by Crippen LogP contribution is 2.17. The zero-order valence-corrected chi connectivity index (χ0v) is 9.90. The van der Waals surface area contributed by atoms with Gasteiger partial charge >= 0.3 is 0 Å². The van der Waals surface area contributed by atoms with E-state index in [1.807, 2.05) is 13.8 Å². The average molecular weight is 229 g/mol. The van der Waals surface area contributed by atoms with Crippen LogP contribution in [-0.4, -0.2) is 0 Å². The fraction of sp³-hybridized carbons (Fsp3) is 0.455. The summed E-state index contributed by atoms with van der Waals surface area (Å²) in [6.45, 7) is 8.28. The van der Waals surface area contributed by atoms with E-state index >= 15 is 0 Å². The maximum Gasteiger partial charge on any atom is 0.0207 e. The second kappa shape index (κ2) is 6.24. The Balaban J connectivity index is 0.000000561. The summed E-state index contributed by atoms with van der Waals surface area (Å²) in [7, 11) is 0. The molecule has 0 N–H and O–H groups in total. The Morgan fingerprint density at radius 3 is 2.25 bits per heavy atom. The van der Waals surface area contributed by atoms with Crippen LogP contribution in [0.3, 0.4) is 0 Å². The SMILES string of the molecule is CC.CCc1cc(C)ccc1Br. The van der Waals surface area contributed by atoms with Crippen LogP contribution in [0.25, 0.3) is 0 Å². The van der Waals surface area contributed by atoms with Crippen LogP contribution in [0.2, 0.25) is 0 Å². The highest BCUT2D eigenvalue weighted by atomic mass is 79.9. The quantitative estimate of drug-likeness (QED) is 0.671. The summed E-state index contributed by atoms with van der Waals surface area (Å²) in [6, 6.07) is 6.43. The number of hydrogen-bond donors (Lipinski definition) is 0. The summed E-state index contributed by atoms with van der Waals surface area (Å²) < 4.78 is 1.22. The first-order chi connectivity index (χ1) is 5.74. The molecule has 0 amide bonds. The lowest BCUT2D eigenvalue weighted by Crippen LogP contribution is -1.82. The van der Waals surface area contributed by atoms with Crippen molar-refractivity contribution in [1.29, 1.82) is 0 Å². The van der Waals surface area contributed by atoms with Crippen LogP contribution < -0.4 is 0 Å². The van der Waals surface area contributed by atoms with E-state index in [1.165, 1.54) is 15.6 Å². The van der Waals surface area contributed by atoms with E-state index < -0.39 is 0 Å².